The zero-order chi connectivity index (χ0) is 16.3. The van der Waals surface area contributed by atoms with E-state index in [0.717, 1.165) is 29.9 Å². The van der Waals surface area contributed by atoms with E-state index >= 15 is 0 Å². The Hall–Kier alpha value is -1.21. The number of aryl methyl sites for hydroxylation is 1. The van der Waals surface area contributed by atoms with Gasteiger partial charge in [0.1, 0.15) is 0 Å². The van der Waals surface area contributed by atoms with E-state index in [4.69, 9.17) is 4.74 Å². The number of rotatable bonds is 6. The van der Waals surface area contributed by atoms with E-state index in [-0.39, 0.29) is 6.10 Å². The molecule has 1 fully saturated rings. The van der Waals surface area contributed by atoms with Crippen LogP contribution >= 0.6 is 11.3 Å². The van der Waals surface area contributed by atoms with Gasteiger partial charge in [0.05, 0.1) is 11.0 Å². The van der Waals surface area contributed by atoms with Crippen molar-refractivity contribution in [2.24, 2.45) is 0 Å². The van der Waals surface area contributed by atoms with Crippen LogP contribution < -0.4 is 0 Å². The van der Waals surface area contributed by atoms with Crippen molar-refractivity contribution in [3.05, 3.63) is 52.2 Å². The summed E-state index contributed by atoms with van der Waals surface area (Å²) >= 11 is 1.58. The molecule has 0 amide bonds. The fourth-order valence-electron chi connectivity index (χ4n) is 2.70. The second-order valence-electron chi connectivity index (χ2n) is 5.83. The second kappa shape index (κ2) is 7.13. The Morgan fingerprint density at radius 2 is 2.04 bits per heavy atom. The third-order valence-electron chi connectivity index (χ3n) is 4.00. The maximum Gasteiger partial charge on any atom is 0.243 e. The maximum atomic E-state index is 13.0. The lowest BCUT2D eigenvalue weighted by Gasteiger charge is -2.24. The molecule has 0 spiro atoms. The average molecular weight is 351 g/mol. The highest BCUT2D eigenvalue weighted by Crippen LogP contribution is 2.23. The Morgan fingerprint density at radius 3 is 2.65 bits per heavy atom. The van der Waals surface area contributed by atoms with Crippen LogP contribution in [0.1, 0.15) is 23.3 Å². The van der Waals surface area contributed by atoms with Gasteiger partial charge in [-0.25, -0.2) is 8.42 Å². The lowest BCUT2D eigenvalue weighted by molar-refractivity contribution is 0.0927. The molecule has 0 saturated carbocycles. The van der Waals surface area contributed by atoms with Gasteiger partial charge in [-0.2, -0.15) is 4.31 Å². The van der Waals surface area contributed by atoms with Crippen LogP contribution in [0, 0.1) is 6.92 Å². The van der Waals surface area contributed by atoms with Gasteiger partial charge in [-0.05, 0) is 43.3 Å². The number of sulfonamides is 1. The molecule has 1 atom stereocenters. The summed E-state index contributed by atoms with van der Waals surface area (Å²) in [6, 6.07) is 11.0. The summed E-state index contributed by atoms with van der Waals surface area (Å²) in [5.41, 5.74) is 1.05. The molecule has 1 saturated heterocycles. The molecule has 1 aliphatic heterocycles. The van der Waals surface area contributed by atoms with Crippen molar-refractivity contribution in [2.45, 2.75) is 37.3 Å². The highest BCUT2D eigenvalue weighted by Gasteiger charge is 2.29. The quantitative estimate of drug-likeness (QED) is 0.801. The lowest BCUT2D eigenvalue weighted by atomic mass is 10.2. The van der Waals surface area contributed by atoms with Gasteiger partial charge in [-0.3, -0.25) is 0 Å². The Balaban J connectivity index is 1.87. The van der Waals surface area contributed by atoms with Crippen molar-refractivity contribution in [2.75, 3.05) is 13.2 Å². The SMILES string of the molecule is Cc1ccc(S(=O)(=O)N(Cc2cccs2)C[C@H]2CCCO2)cc1. The maximum absolute atomic E-state index is 13.0. The molecule has 0 aliphatic carbocycles. The van der Waals surface area contributed by atoms with Crippen LogP contribution in [-0.2, 0) is 21.3 Å². The number of thiophene rings is 1. The summed E-state index contributed by atoms with van der Waals surface area (Å²) < 4.78 is 33.3. The molecule has 1 aromatic heterocycles. The Labute approximate surface area is 141 Å². The molecule has 0 radical (unpaired) electrons. The first-order valence-corrected chi connectivity index (χ1v) is 10.1. The van der Waals surface area contributed by atoms with Gasteiger partial charge in [0, 0.05) is 24.6 Å². The molecule has 4 nitrogen and oxygen atoms in total. The topological polar surface area (TPSA) is 46.6 Å². The predicted octanol–water partition coefficient (Wildman–Crippen LogP) is 3.43. The van der Waals surface area contributed by atoms with Gasteiger partial charge in [0.25, 0.3) is 0 Å². The van der Waals surface area contributed by atoms with Crippen LogP contribution in [0.3, 0.4) is 0 Å². The average Bonchev–Trinajstić information content (AvgIpc) is 3.20. The number of ether oxygens (including phenoxy) is 1. The first-order valence-electron chi connectivity index (χ1n) is 7.76. The number of hydrogen-bond donors (Lipinski definition) is 0. The Bertz CT molecular complexity index is 718. The molecule has 1 aromatic carbocycles. The predicted molar refractivity (Wildman–Crippen MR) is 92.1 cm³/mol. The molecular formula is C17H21NO3S2. The van der Waals surface area contributed by atoms with Crippen LogP contribution in [0.5, 0.6) is 0 Å². The van der Waals surface area contributed by atoms with E-state index in [1.54, 1.807) is 27.8 Å². The largest absolute Gasteiger partial charge is 0.377 e. The first kappa shape index (κ1) is 16.6. The summed E-state index contributed by atoms with van der Waals surface area (Å²) in [6.45, 7) is 3.48. The first-order chi connectivity index (χ1) is 11.1. The van der Waals surface area contributed by atoms with E-state index < -0.39 is 10.0 Å². The molecule has 2 heterocycles. The molecular weight excluding hydrogens is 330 g/mol. The highest BCUT2D eigenvalue weighted by atomic mass is 32.2. The molecule has 6 heteroatoms. The van der Waals surface area contributed by atoms with E-state index in [0.29, 0.717) is 18.0 Å². The van der Waals surface area contributed by atoms with Crippen LogP contribution in [0.15, 0.2) is 46.7 Å². The van der Waals surface area contributed by atoms with Crippen LogP contribution in [-0.4, -0.2) is 32.0 Å². The van der Waals surface area contributed by atoms with Gasteiger partial charge in [0.15, 0.2) is 0 Å². The monoisotopic (exact) mass is 351 g/mol. The van der Waals surface area contributed by atoms with E-state index in [1.807, 2.05) is 36.6 Å². The second-order valence-corrected chi connectivity index (χ2v) is 8.80. The minimum atomic E-state index is -3.52. The smallest absolute Gasteiger partial charge is 0.243 e. The van der Waals surface area contributed by atoms with Crippen LogP contribution in [0.2, 0.25) is 0 Å². The Kier molecular flexibility index (Phi) is 5.16. The van der Waals surface area contributed by atoms with Gasteiger partial charge >= 0.3 is 0 Å². The summed E-state index contributed by atoms with van der Waals surface area (Å²) in [5.74, 6) is 0. The van der Waals surface area contributed by atoms with Gasteiger partial charge < -0.3 is 4.74 Å². The number of benzene rings is 1. The highest BCUT2D eigenvalue weighted by molar-refractivity contribution is 7.89. The molecule has 0 unspecified atom stereocenters. The minimum Gasteiger partial charge on any atom is -0.377 e. The number of nitrogens with zero attached hydrogens (tertiary/aromatic N) is 1. The van der Waals surface area contributed by atoms with Gasteiger partial charge in [0.2, 0.25) is 10.0 Å². The van der Waals surface area contributed by atoms with Crippen LogP contribution in [0.25, 0.3) is 0 Å². The summed E-state index contributed by atoms with van der Waals surface area (Å²) in [4.78, 5) is 1.39. The van der Waals surface area contributed by atoms with E-state index in [9.17, 15) is 8.42 Å². The third-order valence-corrected chi connectivity index (χ3v) is 6.69. The van der Waals surface area contributed by atoms with Gasteiger partial charge in [-0.1, -0.05) is 23.8 Å². The lowest BCUT2D eigenvalue weighted by Crippen LogP contribution is -2.36. The molecule has 2 aromatic rings. The zero-order valence-electron chi connectivity index (χ0n) is 13.1. The molecule has 3 rings (SSSR count). The van der Waals surface area contributed by atoms with E-state index in [2.05, 4.69) is 0 Å². The molecule has 0 bridgehead atoms. The van der Waals surface area contributed by atoms with Crippen molar-refractivity contribution >= 4 is 21.4 Å². The van der Waals surface area contributed by atoms with Crippen molar-refractivity contribution in [1.82, 2.24) is 4.31 Å². The summed E-state index contributed by atoms with van der Waals surface area (Å²) in [7, 11) is -3.52. The molecule has 1 aliphatic rings. The van der Waals surface area contributed by atoms with Crippen LogP contribution in [0.4, 0.5) is 0 Å². The van der Waals surface area contributed by atoms with E-state index in [1.165, 1.54) is 0 Å². The molecule has 124 valence electrons. The van der Waals surface area contributed by atoms with Crippen molar-refractivity contribution in [3.8, 4) is 0 Å². The summed E-state index contributed by atoms with van der Waals surface area (Å²) in [5, 5.41) is 1.97. The summed E-state index contributed by atoms with van der Waals surface area (Å²) in [6.07, 6.45) is 1.92. The molecule has 0 N–H and O–H groups in total. The fraction of sp³-hybridized carbons (Fsp3) is 0.412. The minimum absolute atomic E-state index is 0.00446. The van der Waals surface area contributed by atoms with Crippen molar-refractivity contribution < 1.29 is 13.2 Å². The standard InChI is InChI=1S/C17H21NO3S2/c1-14-6-8-17(9-7-14)23(19,20)18(12-15-4-2-10-21-15)13-16-5-3-11-22-16/h3,5-9,11,15H,2,4,10,12-13H2,1H3/t15-/m1/s1. The Morgan fingerprint density at radius 1 is 1.26 bits per heavy atom. The van der Waals surface area contributed by atoms with Crippen molar-refractivity contribution in [3.63, 3.8) is 0 Å². The number of hydrogen-bond acceptors (Lipinski definition) is 4. The zero-order valence-corrected chi connectivity index (χ0v) is 14.8. The van der Waals surface area contributed by atoms with Crippen molar-refractivity contribution in [1.29, 1.82) is 0 Å². The third kappa shape index (κ3) is 4.01. The van der Waals surface area contributed by atoms with Gasteiger partial charge in [-0.15, -0.1) is 11.3 Å². The fourth-order valence-corrected chi connectivity index (χ4v) is 4.95. The molecule has 23 heavy (non-hydrogen) atoms. The normalized spacial score (nSPS) is 18.6.